The summed E-state index contributed by atoms with van der Waals surface area (Å²) in [5.74, 6) is 1.15. The van der Waals surface area contributed by atoms with Gasteiger partial charge in [0.1, 0.15) is 0 Å². The van der Waals surface area contributed by atoms with Crippen molar-refractivity contribution in [1.29, 1.82) is 0 Å². The van der Waals surface area contributed by atoms with Gasteiger partial charge in [-0.3, -0.25) is 4.79 Å². The normalized spacial score (nSPS) is 22.3. The molecule has 4 rings (SSSR count). The number of ether oxygens (including phenoxy) is 1. The van der Waals surface area contributed by atoms with Crippen LogP contribution in [0.2, 0.25) is 0 Å². The molecular formula is C18H24N6O2. The zero-order chi connectivity index (χ0) is 18.0. The van der Waals surface area contributed by atoms with E-state index in [4.69, 9.17) is 4.74 Å². The summed E-state index contributed by atoms with van der Waals surface area (Å²) in [5, 5.41) is 3.42. The molecule has 138 valence electrons. The van der Waals surface area contributed by atoms with Gasteiger partial charge in [-0.2, -0.15) is 0 Å². The van der Waals surface area contributed by atoms with Crippen LogP contribution in [0.25, 0.3) is 0 Å². The Morgan fingerprint density at radius 3 is 2.69 bits per heavy atom. The van der Waals surface area contributed by atoms with Crippen LogP contribution < -0.4 is 5.32 Å². The monoisotopic (exact) mass is 356 g/mol. The minimum Gasteiger partial charge on any atom is -0.375 e. The van der Waals surface area contributed by atoms with Crippen molar-refractivity contribution in [3.63, 3.8) is 0 Å². The summed E-state index contributed by atoms with van der Waals surface area (Å²) in [7, 11) is 1.85. The van der Waals surface area contributed by atoms with Gasteiger partial charge in [0.15, 0.2) is 5.82 Å². The van der Waals surface area contributed by atoms with Gasteiger partial charge in [-0.25, -0.2) is 15.0 Å². The molecule has 8 heteroatoms. The summed E-state index contributed by atoms with van der Waals surface area (Å²) in [6.07, 6.45) is 10.5. The van der Waals surface area contributed by atoms with E-state index in [0.29, 0.717) is 30.9 Å². The molecule has 1 amide bonds. The predicted molar refractivity (Wildman–Crippen MR) is 95.7 cm³/mol. The Hall–Kier alpha value is -2.48. The zero-order valence-corrected chi connectivity index (χ0v) is 15.0. The second kappa shape index (κ2) is 7.03. The molecule has 0 aliphatic carbocycles. The third-order valence-corrected chi connectivity index (χ3v) is 5.37. The Kier molecular flexibility index (Phi) is 4.58. The van der Waals surface area contributed by atoms with Gasteiger partial charge in [0, 0.05) is 57.6 Å². The minimum atomic E-state index is -0.164. The van der Waals surface area contributed by atoms with Crippen LogP contribution in [-0.4, -0.2) is 61.7 Å². The summed E-state index contributed by atoms with van der Waals surface area (Å²) in [6, 6.07) is 2.10. The third kappa shape index (κ3) is 3.41. The van der Waals surface area contributed by atoms with Crippen LogP contribution in [0.5, 0.6) is 0 Å². The molecule has 1 atom stereocenters. The van der Waals surface area contributed by atoms with Crippen molar-refractivity contribution in [2.45, 2.75) is 37.3 Å². The first-order chi connectivity index (χ1) is 12.7. The second-order valence-electron chi connectivity index (χ2n) is 7.09. The highest BCUT2D eigenvalue weighted by molar-refractivity contribution is 5.90. The quantitative estimate of drug-likeness (QED) is 0.897. The number of anilines is 1. The Labute approximate surface area is 152 Å². The maximum Gasteiger partial charge on any atom is 0.289 e. The number of hydrogen-bond donors (Lipinski definition) is 1. The van der Waals surface area contributed by atoms with Crippen molar-refractivity contribution in [1.82, 2.24) is 24.4 Å². The van der Waals surface area contributed by atoms with Crippen molar-refractivity contribution >= 4 is 11.9 Å². The average molecular weight is 356 g/mol. The lowest BCUT2D eigenvalue weighted by Gasteiger charge is -2.46. The van der Waals surface area contributed by atoms with Crippen LogP contribution >= 0.6 is 0 Å². The van der Waals surface area contributed by atoms with E-state index in [1.165, 1.54) is 0 Å². The first-order valence-electron chi connectivity index (χ1n) is 9.09. The maximum absolute atomic E-state index is 12.6. The topological polar surface area (TPSA) is 85.2 Å². The van der Waals surface area contributed by atoms with Gasteiger partial charge in [0.05, 0.1) is 5.60 Å². The van der Waals surface area contributed by atoms with Crippen LogP contribution in [0.3, 0.4) is 0 Å². The van der Waals surface area contributed by atoms with Gasteiger partial charge in [-0.05, 0) is 31.7 Å². The highest BCUT2D eigenvalue weighted by Crippen LogP contribution is 2.36. The third-order valence-electron chi connectivity index (χ3n) is 5.37. The highest BCUT2D eigenvalue weighted by Gasteiger charge is 2.41. The molecule has 1 N–H and O–H groups in total. The number of hydrogen-bond acceptors (Lipinski definition) is 6. The van der Waals surface area contributed by atoms with Crippen molar-refractivity contribution in [3.05, 3.63) is 36.7 Å². The maximum atomic E-state index is 12.6. The molecule has 0 saturated carbocycles. The number of rotatable bonds is 3. The molecule has 1 spiro atoms. The number of nitrogens with zero attached hydrogens (tertiary/aromatic N) is 5. The molecule has 26 heavy (non-hydrogen) atoms. The lowest BCUT2D eigenvalue weighted by atomic mass is 9.82. The number of aryl methyl sites for hydroxylation is 1. The van der Waals surface area contributed by atoms with E-state index in [0.717, 1.165) is 32.3 Å². The van der Waals surface area contributed by atoms with Gasteiger partial charge in [0.25, 0.3) is 5.91 Å². The number of imidazole rings is 1. The fraction of sp³-hybridized carbons (Fsp3) is 0.556. The van der Waals surface area contributed by atoms with Crippen LogP contribution in [-0.2, 0) is 11.8 Å². The van der Waals surface area contributed by atoms with Crippen LogP contribution in [0.15, 0.2) is 30.9 Å². The van der Waals surface area contributed by atoms with Crippen molar-refractivity contribution in [2.75, 3.05) is 25.0 Å². The summed E-state index contributed by atoms with van der Waals surface area (Å²) in [4.78, 5) is 27.2. The smallest absolute Gasteiger partial charge is 0.289 e. The molecule has 2 fully saturated rings. The number of likely N-dealkylation sites (tertiary alicyclic amines) is 1. The molecule has 0 unspecified atom stereocenters. The first-order valence-corrected chi connectivity index (χ1v) is 9.09. The fourth-order valence-electron chi connectivity index (χ4n) is 3.89. The van der Waals surface area contributed by atoms with Crippen molar-refractivity contribution in [2.24, 2.45) is 7.05 Å². The van der Waals surface area contributed by atoms with Crippen molar-refractivity contribution in [3.8, 4) is 0 Å². The van der Waals surface area contributed by atoms with Gasteiger partial charge in [0.2, 0.25) is 5.95 Å². The minimum absolute atomic E-state index is 0.00415. The van der Waals surface area contributed by atoms with Crippen molar-refractivity contribution < 1.29 is 9.53 Å². The second-order valence-corrected chi connectivity index (χ2v) is 7.09. The zero-order valence-electron chi connectivity index (χ0n) is 15.0. The Morgan fingerprint density at radius 2 is 2.00 bits per heavy atom. The largest absolute Gasteiger partial charge is 0.375 e. The molecule has 2 aliphatic heterocycles. The Bertz CT molecular complexity index is 754. The molecule has 0 aromatic carbocycles. The number of carbonyl (C=O) groups is 1. The van der Waals surface area contributed by atoms with Crippen LogP contribution in [0.4, 0.5) is 5.95 Å². The first kappa shape index (κ1) is 17.0. The fourth-order valence-corrected chi connectivity index (χ4v) is 3.89. The summed E-state index contributed by atoms with van der Waals surface area (Å²) < 4.78 is 7.94. The summed E-state index contributed by atoms with van der Waals surface area (Å²) >= 11 is 0. The molecule has 0 bridgehead atoms. The lowest BCUT2D eigenvalue weighted by molar-refractivity contribution is -0.110. The van der Waals surface area contributed by atoms with Crippen LogP contribution in [0, 0.1) is 0 Å². The molecular weight excluding hydrogens is 332 g/mol. The number of carbonyl (C=O) groups excluding carboxylic acids is 1. The highest BCUT2D eigenvalue weighted by atomic mass is 16.5. The molecule has 2 aromatic heterocycles. The number of aromatic nitrogens is 4. The summed E-state index contributed by atoms with van der Waals surface area (Å²) in [5.41, 5.74) is -0.164. The predicted octanol–water partition coefficient (Wildman–Crippen LogP) is 1.48. The number of nitrogens with one attached hydrogen (secondary N) is 1. The van der Waals surface area contributed by atoms with Gasteiger partial charge < -0.3 is 19.5 Å². The number of amides is 1. The van der Waals surface area contributed by atoms with E-state index in [-0.39, 0.29) is 11.5 Å². The molecule has 8 nitrogen and oxygen atoms in total. The molecule has 4 heterocycles. The molecule has 2 aliphatic rings. The van der Waals surface area contributed by atoms with Gasteiger partial charge in [-0.1, -0.05) is 0 Å². The van der Waals surface area contributed by atoms with E-state index >= 15 is 0 Å². The van der Waals surface area contributed by atoms with E-state index in [1.54, 1.807) is 29.4 Å². The Morgan fingerprint density at radius 1 is 1.23 bits per heavy atom. The van der Waals surface area contributed by atoms with Gasteiger partial charge >= 0.3 is 0 Å². The molecule has 2 saturated heterocycles. The number of piperidine rings is 1. The average Bonchev–Trinajstić information content (AvgIpc) is 3.09. The SMILES string of the molecule is Cn1ccnc1C(=O)N1CCC2(CC1)C[C@@H](Nc1ncccn1)CCO2. The lowest BCUT2D eigenvalue weighted by Crippen LogP contribution is -2.53. The van der Waals surface area contributed by atoms with Crippen LogP contribution in [0.1, 0.15) is 36.3 Å². The van der Waals surface area contributed by atoms with E-state index in [2.05, 4.69) is 20.3 Å². The van der Waals surface area contributed by atoms with E-state index in [1.807, 2.05) is 18.0 Å². The van der Waals surface area contributed by atoms with E-state index in [9.17, 15) is 4.79 Å². The van der Waals surface area contributed by atoms with Gasteiger partial charge in [-0.15, -0.1) is 0 Å². The standard InChI is InChI=1S/C18H24N6O2/c1-23-11-8-19-15(23)16(25)24-9-4-18(5-10-24)13-14(3-12-26-18)22-17-20-6-2-7-21-17/h2,6-8,11,14H,3-5,9-10,12-13H2,1H3,(H,20,21,22)/t14-/m0/s1. The summed E-state index contributed by atoms with van der Waals surface area (Å²) in [6.45, 7) is 2.11. The molecule has 0 radical (unpaired) electrons. The molecule has 2 aromatic rings. The Balaban J connectivity index is 1.37. The van der Waals surface area contributed by atoms with E-state index < -0.39 is 0 Å².